The second-order valence-electron chi connectivity index (χ2n) is 10.0. The highest BCUT2D eigenvalue weighted by Crippen LogP contribution is 2.55. The van der Waals surface area contributed by atoms with E-state index in [9.17, 15) is 31.1 Å². The number of nitrogens with zero attached hydrogens (tertiary/aromatic N) is 4. The number of benzene rings is 2. The zero-order valence-electron chi connectivity index (χ0n) is 20.5. The topological polar surface area (TPSA) is 69.4 Å². The molecule has 1 aliphatic carbocycles. The number of ether oxygens (including phenoxy) is 1. The molecular formula is C25H19F6IN4O2S. The van der Waals surface area contributed by atoms with Crippen molar-refractivity contribution >= 4 is 51.1 Å². The summed E-state index contributed by atoms with van der Waals surface area (Å²) in [5, 5.41) is 9.03. The molecule has 1 saturated carbocycles. The highest BCUT2D eigenvalue weighted by molar-refractivity contribution is 14.1. The average Bonchev–Trinajstić information content (AvgIpc) is 3.29. The number of carbonyl (C=O) groups is 1. The van der Waals surface area contributed by atoms with Gasteiger partial charge in [-0.15, -0.1) is 10.2 Å². The van der Waals surface area contributed by atoms with Gasteiger partial charge < -0.3 is 9.30 Å². The van der Waals surface area contributed by atoms with Gasteiger partial charge in [0, 0.05) is 16.0 Å². The van der Waals surface area contributed by atoms with E-state index in [4.69, 9.17) is 4.74 Å². The molecule has 1 fully saturated rings. The maximum Gasteiger partial charge on any atom is 0.315 e. The third-order valence-electron chi connectivity index (χ3n) is 7.19. The van der Waals surface area contributed by atoms with Gasteiger partial charge in [0.25, 0.3) is 0 Å². The van der Waals surface area contributed by atoms with Crippen LogP contribution in [0.3, 0.4) is 0 Å². The van der Waals surface area contributed by atoms with E-state index in [0.717, 1.165) is 11.8 Å². The fourth-order valence-corrected chi connectivity index (χ4v) is 6.84. The van der Waals surface area contributed by atoms with Crippen molar-refractivity contribution in [3.05, 3.63) is 62.5 Å². The number of hydrogen-bond acceptors (Lipinski definition) is 6. The van der Waals surface area contributed by atoms with Gasteiger partial charge in [-0.2, -0.15) is 8.78 Å². The molecular weight excluding hydrogens is 661 g/mol. The van der Waals surface area contributed by atoms with Gasteiger partial charge in [-0.3, -0.25) is 4.79 Å². The highest BCUT2D eigenvalue weighted by Gasteiger charge is 2.55. The first-order valence-corrected chi connectivity index (χ1v) is 13.5. The summed E-state index contributed by atoms with van der Waals surface area (Å²) in [7, 11) is 0. The van der Waals surface area contributed by atoms with E-state index >= 15 is 0 Å². The molecule has 2 aliphatic rings. The number of aliphatic imine (C=N–C) groups is 1. The van der Waals surface area contributed by atoms with E-state index in [1.54, 1.807) is 13.0 Å². The van der Waals surface area contributed by atoms with Crippen LogP contribution in [0, 0.1) is 68.6 Å². The molecule has 0 radical (unpaired) electrons. The molecule has 6 nitrogen and oxygen atoms in total. The molecule has 0 saturated heterocycles. The van der Waals surface area contributed by atoms with Gasteiger partial charge in [-0.25, -0.2) is 22.6 Å². The van der Waals surface area contributed by atoms with Crippen molar-refractivity contribution in [2.75, 3.05) is 0 Å². The number of halogens is 7. The summed E-state index contributed by atoms with van der Waals surface area (Å²) < 4.78 is 91.9. The lowest BCUT2D eigenvalue weighted by molar-refractivity contribution is -0.140. The molecule has 0 bridgehead atoms. The number of fused-ring (bicyclic) bond motifs is 2. The van der Waals surface area contributed by atoms with Crippen molar-refractivity contribution in [3.63, 3.8) is 0 Å². The van der Waals surface area contributed by atoms with E-state index in [0.29, 0.717) is 21.1 Å². The van der Waals surface area contributed by atoms with Gasteiger partial charge in [0.15, 0.2) is 5.16 Å². The standard InChI is InChI=1S/C25H19F6IN4O2S/c1-9-34-35-24-36(9)8-12-15(22(39-24)33-14-5-4-10(32)6-13(14)26)11(7-25(12,2)3)23(37)38-21-19(30)17(28)16(27)18(29)20(21)31/h4-6,11-12,15H,7-8H2,1-3H3. The van der Waals surface area contributed by atoms with Gasteiger partial charge in [0.1, 0.15) is 11.6 Å². The average molecular weight is 680 g/mol. The van der Waals surface area contributed by atoms with Crippen molar-refractivity contribution in [1.82, 2.24) is 14.8 Å². The third-order valence-corrected chi connectivity index (χ3v) is 8.92. The van der Waals surface area contributed by atoms with Gasteiger partial charge in [0.2, 0.25) is 34.8 Å². The summed E-state index contributed by atoms with van der Waals surface area (Å²) in [6.45, 7) is 5.87. The van der Waals surface area contributed by atoms with Crippen LogP contribution in [0.25, 0.3) is 0 Å². The summed E-state index contributed by atoms with van der Waals surface area (Å²) in [5.41, 5.74) is -0.590. The Bertz CT molecular complexity index is 1520. The highest BCUT2D eigenvalue weighted by atomic mass is 127. The lowest BCUT2D eigenvalue weighted by Crippen LogP contribution is -2.33. The normalized spacial score (nSPS) is 22.9. The summed E-state index contributed by atoms with van der Waals surface area (Å²) in [6.07, 6.45) is 0.141. The van der Waals surface area contributed by atoms with Crippen LogP contribution in [0.15, 0.2) is 28.3 Å². The number of hydrogen-bond donors (Lipinski definition) is 0. The molecule has 1 aliphatic heterocycles. The van der Waals surface area contributed by atoms with Crippen LogP contribution >= 0.6 is 34.4 Å². The summed E-state index contributed by atoms with van der Waals surface area (Å²) in [4.78, 5) is 17.9. The maximum atomic E-state index is 14.8. The number of rotatable bonds is 3. The van der Waals surface area contributed by atoms with Crippen LogP contribution in [0.2, 0.25) is 0 Å². The molecule has 0 N–H and O–H groups in total. The minimum atomic E-state index is -2.36. The molecule has 1 aromatic heterocycles. The van der Waals surface area contributed by atoms with Gasteiger partial charge in [0.05, 0.1) is 16.6 Å². The Hall–Kier alpha value is -2.62. The lowest BCUT2D eigenvalue weighted by atomic mass is 9.78. The molecule has 14 heteroatoms. The smallest absolute Gasteiger partial charge is 0.315 e. The SMILES string of the molecule is Cc1nnc2n1CC1C(C(=Nc3ccc(I)cc3F)S2)C(C(=O)Oc2c(F)c(F)c(F)c(F)c2F)CC1(C)C. The first-order valence-electron chi connectivity index (χ1n) is 11.6. The van der Waals surface area contributed by atoms with Crippen LogP contribution in [0.1, 0.15) is 26.1 Å². The minimum Gasteiger partial charge on any atom is -0.420 e. The molecule has 0 spiro atoms. The second kappa shape index (κ2) is 10.1. The quantitative estimate of drug-likeness (QED) is 0.0766. The predicted octanol–water partition coefficient (Wildman–Crippen LogP) is 6.75. The molecule has 39 heavy (non-hydrogen) atoms. The zero-order valence-corrected chi connectivity index (χ0v) is 23.5. The van der Waals surface area contributed by atoms with E-state index in [-0.39, 0.29) is 23.1 Å². The second-order valence-corrected chi connectivity index (χ2v) is 12.3. The Kier molecular flexibility index (Phi) is 7.23. The molecule has 0 amide bonds. The van der Waals surface area contributed by atoms with Crippen LogP contribution in [0.5, 0.6) is 5.75 Å². The number of aromatic nitrogens is 3. The van der Waals surface area contributed by atoms with Crippen LogP contribution < -0.4 is 4.74 Å². The Morgan fingerprint density at radius 3 is 2.36 bits per heavy atom. The Morgan fingerprint density at radius 1 is 1.08 bits per heavy atom. The largest absolute Gasteiger partial charge is 0.420 e. The molecule has 206 valence electrons. The van der Waals surface area contributed by atoms with Gasteiger partial charge in [-0.1, -0.05) is 13.8 Å². The van der Waals surface area contributed by atoms with Gasteiger partial charge in [-0.05, 0) is 77.2 Å². The monoisotopic (exact) mass is 680 g/mol. The zero-order chi connectivity index (χ0) is 28.4. The van der Waals surface area contributed by atoms with Gasteiger partial charge >= 0.3 is 5.97 Å². The first kappa shape index (κ1) is 27.9. The van der Waals surface area contributed by atoms with Crippen molar-refractivity contribution < 1.29 is 35.9 Å². The molecule has 3 unspecified atom stereocenters. The molecule has 2 aromatic carbocycles. The molecule has 2 heterocycles. The van der Waals surface area contributed by atoms with Crippen LogP contribution in [0.4, 0.5) is 32.0 Å². The van der Waals surface area contributed by atoms with Crippen LogP contribution in [-0.2, 0) is 11.3 Å². The van der Waals surface area contributed by atoms with Crippen molar-refractivity contribution in [3.8, 4) is 5.75 Å². The fraction of sp³-hybridized carbons (Fsp3) is 0.360. The van der Waals surface area contributed by atoms with Crippen molar-refractivity contribution in [2.24, 2.45) is 28.2 Å². The Morgan fingerprint density at radius 2 is 1.72 bits per heavy atom. The fourth-order valence-electron chi connectivity index (χ4n) is 5.19. The number of carbonyl (C=O) groups excluding carboxylic acids is 1. The summed E-state index contributed by atoms with van der Waals surface area (Å²) in [6, 6.07) is 4.42. The third kappa shape index (κ3) is 4.83. The first-order chi connectivity index (χ1) is 18.3. The van der Waals surface area contributed by atoms with E-state index in [1.807, 2.05) is 41.0 Å². The number of thioether (sulfide) groups is 1. The molecule has 3 atom stereocenters. The van der Waals surface area contributed by atoms with Crippen molar-refractivity contribution in [1.29, 1.82) is 0 Å². The number of esters is 1. The predicted molar refractivity (Wildman–Crippen MR) is 138 cm³/mol. The Labute approximate surface area is 236 Å². The van der Waals surface area contributed by atoms with E-state index < -0.39 is 63.9 Å². The lowest BCUT2D eigenvalue weighted by Gasteiger charge is -2.29. The Balaban J connectivity index is 1.61. The summed E-state index contributed by atoms with van der Waals surface area (Å²) >= 11 is 3.02. The van der Waals surface area contributed by atoms with Crippen molar-refractivity contribution in [2.45, 2.75) is 38.9 Å². The van der Waals surface area contributed by atoms with Crippen LogP contribution in [-0.4, -0.2) is 25.8 Å². The minimum absolute atomic E-state index is 0.00191. The van der Waals surface area contributed by atoms with E-state index in [2.05, 4.69) is 15.2 Å². The number of aryl methyl sites for hydroxylation is 1. The molecule has 5 rings (SSSR count). The summed E-state index contributed by atoms with van der Waals surface area (Å²) in [5.74, 6) is -16.4. The molecule has 3 aromatic rings. The van der Waals surface area contributed by atoms with E-state index in [1.165, 1.54) is 12.1 Å². The maximum absolute atomic E-state index is 14.8.